The van der Waals surface area contributed by atoms with Crippen LogP contribution in [-0.4, -0.2) is 30.4 Å². The zero-order chi connectivity index (χ0) is 18.0. The van der Waals surface area contributed by atoms with Crippen molar-refractivity contribution >= 4 is 23.3 Å². The van der Waals surface area contributed by atoms with E-state index in [0.29, 0.717) is 12.3 Å². The predicted molar refractivity (Wildman–Crippen MR) is 93.4 cm³/mol. The highest BCUT2D eigenvalue weighted by Crippen LogP contribution is 2.19. The van der Waals surface area contributed by atoms with Gasteiger partial charge in [-0.1, -0.05) is 34.1 Å². The minimum absolute atomic E-state index is 0.0194. The zero-order valence-corrected chi connectivity index (χ0v) is 15.4. The Morgan fingerprint density at radius 2 is 1.74 bits per heavy atom. The van der Waals surface area contributed by atoms with Crippen LogP contribution in [0.2, 0.25) is 0 Å². The van der Waals surface area contributed by atoms with Gasteiger partial charge < -0.3 is 0 Å². The molecule has 0 aromatic carbocycles. The van der Waals surface area contributed by atoms with Crippen LogP contribution in [0.25, 0.3) is 0 Å². The monoisotopic (exact) mass is 324 g/mol. The smallest absolute Gasteiger partial charge is 0.229 e. The summed E-state index contributed by atoms with van der Waals surface area (Å²) in [6.07, 6.45) is 2.62. The minimum atomic E-state index is -0.360. The van der Waals surface area contributed by atoms with Gasteiger partial charge in [-0.05, 0) is 25.7 Å². The van der Waals surface area contributed by atoms with Gasteiger partial charge in [0.2, 0.25) is 11.8 Å². The predicted octanol–water partition coefficient (Wildman–Crippen LogP) is 3.17. The molecule has 0 aliphatic heterocycles. The van der Waals surface area contributed by atoms with E-state index in [9.17, 15) is 14.4 Å². The molecule has 1 N–H and O–H groups in total. The highest BCUT2D eigenvalue weighted by Gasteiger charge is 2.24. The summed E-state index contributed by atoms with van der Waals surface area (Å²) in [5.74, 6) is -0.822. The van der Waals surface area contributed by atoms with Crippen LogP contribution in [0.4, 0.5) is 0 Å². The third-order valence-electron chi connectivity index (χ3n) is 3.89. The first kappa shape index (κ1) is 21.5. The van der Waals surface area contributed by atoms with Crippen LogP contribution in [0.3, 0.4) is 0 Å². The van der Waals surface area contributed by atoms with Gasteiger partial charge in [0.25, 0.3) is 0 Å². The number of rotatable bonds is 10. The molecule has 0 aromatic rings. The topological polar surface area (TPSA) is 75.6 Å². The molecule has 0 saturated carbocycles. The van der Waals surface area contributed by atoms with Crippen molar-refractivity contribution in [2.24, 2.45) is 22.7 Å². The Bertz CT molecular complexity index is 442. The Morgan fingerprint density at radius 1 is 1.13 bits per heavy atom. The summed E-state index contributed by atoms with van der Waals surface area (Å²) in [5, 5.41) is 2.43. The number of nitrogens with zero attached hydrogens (tertiary/aromatic N) is 1. The molecular weight excluding hydrogens is 292 g/mol. The van der Waals surface area contributed by atoms with E-state index in [1.54, 1.807) is 14.0 Å². The molecule has 0 heterocycles. The standard InChI is InChI=1S/C18H32N2O3/c1-7-8-13(4)18(23)20-17(22)11-15(9-12(2)3)16(21)10-14(5)19-6/h12-13,15H,7-11H2,1-6H3,(H,20,22,23). The molecule has 0 aromatic heterocycles. The molecule has 0 fully saturated rings. The van der Waals surface area contributed by atoms with Crippen molar-refractivity contribution in [1.29, 1.82) is 0 Å². The number of hydrogen-bond donors (Lipinski definition) is 1. The first-order valence-corrected chi connectivity index (χ1v) is 8.49. The lowest BCUT2D eigenvalue weighted by atomic mass is 9.88. The van der Waals surface area contributed by atoms with Crippen LogP contribution in [0.5, 0.6) is 0 Å². The van der Waals surface area contributed by atoms with Crippen molar-refractivity contribution in [2.45, 2.75) is 66.7 Å². The van der Waals surface area contributed by atoms with Crippen LogP contribution in [-0.2, 0) is 14.4 Å². The Kier molecular flexibility index (Phi) is 10.4. The van der Waals surface area contributed by atoms with Crippen LogP contribution in [0, 0.1) is 17.8 Å². The summed E-state index contributed by atoms with van der Waals surface area (Å²) in [4.78, 5) is 40.4. The van der Waals surface area contributed by atoms with E-state index in [1.807, 2.05) is 27.7 Å². The number of hydrogen-bond acceptors (Lipinski definition) is 4. The van der Waals surface area contributed by atoms with E-state index in [-0.39, 0.29) is 42.3 Å². The lowest BCUT2D eigenvalue weighted by molar-refractivity contribution is -0.135. The molecule has 2 unspecified atom stereocenters. The second-order valence-electron chi connectivity index (χ2n) is 6.73. The molecule has 0 saturated heterocycles. The van der Waals surface area contributed by atoms with Crippen molar-refractivity contribution in [3.8, 4) is 0 Å². The summed E-state index contributed by atoms with van der Waals surface area (Å²) in [7, 11) is 1.65. The van der Waals surface area contributed by atoms with Crippen LogP contribution >= 0.6 is 0 Å². The maximum Gasteiger partial charge on any atom is 0.229 e. The third-order valence-corrected chi connectivity index (χ3v) is 3.89. The van der Waals surface area contributed by atoms with Crippen LogP contribution in [0.15, 0.2) is 4.99 Å². The average Bonchev–Trinajstić information content (AvgIpc) is 2.45. The van der Waals surface area contributed by atoms with Crippen molar-refractivity contribution < 1.29 is 14.4 Å². The third kappa shape index (κ3) is 9.26. The normalized spacial score (nSPS) is 14.5. The van der Waals surface area contributed by atoms with Crippen LogP contribution < -0.4 is 5.32 Å². The quantitative estimate of drug-likeness (QED) is 0.627. The molecular formula is C18H32N2O3. The van der Waals surface area contributed by atoms with Gasteiger partial charge in [0.1, 0.15) is 5.78 Å². The van der Waals surface area contributed by atoms with Gasteiger partial charge in [-0.3, -0.25) is 24.7 Å². The second kappa shape index (κ2) is 11.1. The molecule has 0 aliphatic rings. The van der Waals surface area contributed by atoms with Gasteiger partial charge in [0.15, 0.2) is 0 Å². The maximum atomic E-state index is 12.4. The summed E-state index contributed by atoms with van der Waals surface area (Å²) < 4.78 is 0. The maximum absolute atomic E-state index is 12.4. The number of ketones is 1. The van der Waals surface area contributed by atoms with E-state index in [4.69, 9.17) is 0 Å². The van der Waals surface area contributed by atoms with Crippen molar-refractivity contribution in [1.82, 2.24) is 5.32 Å². The van der Waals surface area contributed by atoms with Crippen molar-refractivity contribution in [2.75, 3.05) is 7.05 Å². The molecule has 2 amide bonds. The number of imide groups is 1. The van der Waals surface area contributed by atoms with E-state index in [2.05, 4.69) is 10.3 Å². The Labute approximate surface area is 140 Å². The number of aliphatic imine (C=N–C) groups is 1. The van der Waals surface area contributed by atoms with Gasteiger partial charge in [-0.15, -0.1) is 0 Å². The Balaban J connectivity index is 4.73. The molecule has 0 radical (unpaired) electrons. The van der Waals surface area contributed by atoms with E-state index < -0.39 is 0 Å². The van der Waals surface area contributed by atoms with Crippen molar-refractivity contribution in [3.05, 3.63) is 0 Å². The number of nitrogens with one attached hydrogen (secondary N) is 1. The molecule has 0 spiro atoms. The molecule has 2 atom stereocenters. The van der Waals surface area contributed by atoms with Gasteiger partial charge in [0, 0.05) is 37.4 Å². The highest BCUT2D eigenvalue weighted by molar-refractivity contribution is 6.03. The largest absolute Gasteiger partial charge is 0.299 e. The Hall–Kier alpha value is -1.52. The minimum Gasteiger partial charge on any atom is -0.299 e. The summed E-state index contributed by atoms with van der Waals surface area (Å²) in [6.45, 7) is 9.66. The number of Topliss-reactive ketones (excluding diaryl/α,β-unsaturated/α-hetero) is 1. The van der Waals surface area contributed by atoms with Gasteiger partial charge >= 0.3 is 0 Å². The number of carbonyl (C=O) groups is 3. The van der Waals surface area contributed by atoms with E-state index in [0.717, 1.165) is 18.6 Å². The molecule has 0 bridgehead atoms. The number of carbonyl (C=O) groups excluding carboxylic acids is 3. The molecule has 0 rings (SSSR count). The lowest BCUT2D eigenvalue weighted by Gasteiger charge is -2.18. The highest BCUT2D eigenvalue weighted by atomic mass is 16.2. The van der Waals surface area contributed by atoms with E-state index >= 15 is 0 Å². The summed E-state index contributed by atoms with van der Waals surface area (Å²) in [5.41, 5.74) is 0.761. The summed E-state index contributed by atoms with van der Waals surface area (Å²) >= 11 is 0. The second-order valence-corrected chi connectivity index (χ2v) is 6.73. The first-order chi connectivity index (χ1) is 10.7. The number of amides is 2. The summed E-state index contributed by atoms with van der Waals surface area (Å²) in [6, 6.07) is 0. The van der Waals surface area contributed by atoms with Gasteiger partial charge in [-0.2, -0.15) is 0 Å². The SMILES string of the molecule is CCCC(C)C(=O)NC(=O)CC(CC(C)C)C(=O)CC(C)=NC. The first-order valence-electron chi connectivity index (χ1n) is 8.49. The molecule has 0 aliphatic carbocycles. The molecule has 5 heteroatoms. The van der Waals surface area contributed by atoms with E-state index in [1.165, 1.54) is 0 Å². The molecule has 23 heavy (non-hydrogen) atoms. The molecule has 132 valence electrons. The fraction of sp³-hybridized carbons (Fsp3) is 0.778. The fourth-order valence-corrected chi connectivity index (χ4v) is 2.47. The lowest BCUT2D eigenvalue weighted by Crippen LogP contribution is -2.37. The van der Waals surface area contributed by atoms with Crippen molar-refractivity contribution in [3.63, 3.8) is 0 Å². The van der Waals surface area contributed by atoms with Gasteiger partial charge in [0.05, 0.1) is 0 Å². The Morgan fingerprint density at radius 3 is 2.22 bits per heavy atom. The average molecular weight is 324 g/mol. The molecule has 5 nitrogen and oxygen atoms in total. The fourth-order valence-electron chi connectivity index (χ4n) is 2.47. The van der Waals surface area contributed by atoms with Gasteiger partial charge in [-0.25, -0.2) is 0 Å². The zero-order valence-electron chi connectivity index (χ0n) is 15.4. The van der Waals surface area contributed by atoms with Crippen LogP contribution in [0.1, 0.15) is 66.7 Å².